The Labute approximate surface area is 218 Å². The summed E-state index contributed by atoms with van der Waals surface area (Å²) in [6.07, 6.45) is 4.61. The van der Waals surface area contributed by atoms with Gasteiger partial charge in [0.05, 0.1) is 27.6 Å². The molecule has 1 aliphatic rings. The van der Waals surface area contributed by atoms with Gasteiger partial charge in [-0.25, -0.2) is 0 Å². The predicted molar refractivity (Wildman–Crippen MR) is 160 cm³/mol. The molecule has 4 aromatic heterocycles. The largest absolute Gasteiger partial charge is 0.312 e. The van der Waals surface area contributed by atoms with Crippen LogP contribution in [0.2, 0.25) is 0 Å². The Balaban J connectivity index is 1.37. The van der Waals surface area contributed by atoms with E-state index in [2.05, 4.69) is 118 Å². The van der Waals surface area contributed by atoms with Crippen molar-refractivity contribution in [2.75, 3.05) is 0 Å². The quantitative estimate of drug-likeness (QED) is 0.220. The Kier molecular flexibility index (Phi) is 3.32. The molecule has 0 spiro atoms. The lowest BCUT2D eigenvalue weighted by atomic mass is 9.87. The molecule has 5 aromatic carbocycles. The molecule has 0 radical (unpaired) electrons. The molecule has 38 heavy (non-hydrogen) atoms. The summed E-state index contributed by atoms with van der Waals surface area (Å²) in [5, 5.41) is 9.47. The normalized spacial score (nSPS) is 14.3. The van der Waals surface area contributed by atoms with Crippen LogP contribution in [-0.4, -0.2) is 8.80 Å². The molecule has 0 saturated heterocycles. The molecule has 1 aliphatic carbocycles. The molecule has 0 unspecified atom stereocenters. The number of hydrogen-bond donors (Lipinski definition) is 0. The minimum Gasteiger partial charge on any atom is -0.312 e. The molecule has 0 N–H and O–H groups in total. The minimum atomic E-state index is 1.05. The summed E-state index contributed by atoms with van der Waals surface area (Å²) in [6.45, 7) is 0. The molecule has 0 fully saturated rings. The van der Waals surface area contributed by atoms with Gasteiger partial charge in [-0.1, -0.05) is 91.0 Å². The van der Waals surface area contributed by atoms with Gasteiger partial charge in [-0.05, 0) is 42.2 Å². The van der Waals surface area contributed by atoms with Crippen molar-refractivity contribution in [2.45, 2.75) is 12.8 Å². The zero-order valence-corrected chi connectivity index (χ0v) is 20.7. The number of benzene rings is 5. The van der Waals surface area contributed by atoms with E-state index in [9.17, 15) is 0 Å². The lowest BCUT2D eigenvalue weighted by molar-refractivity contribution is 0.920. The smallest absolute Gasteiger partial charge is 0.0620 e. The first kappa shape index (κ1) is 19.3. The summed E-state index contributed by atoms with van der Waals surface area (Å²) < 4.78 is 5.05. The van der Waals surface area contributed by atoms with Gasteiger partial charge in [-0.3, -0.25) is 0 Å². The molecular formula is C36H22N2. The van der Waals surface area contributed by atoms with Crippen molar-refractivity contribution in [1.29, 1.82) is 0 Å². The van der Waals surface area contributed by atoms with Crippen molar-refractivity contribution in [3.05, 3.63) is 126 Å². The fraction of sp³-hybridized carbons (Fsp3) is 0.0556. The maximum absolute atomic E-state index is 2.56. The van der Waals surface area contributed by atoms with Crippen molar-refractivity contribution in [3.8, 4) is 0 Å². The number of rotatable bonds is 1. The molecule has 0 bridgehead atoms. The average Bonchev–Trinajstić information content (AvgIpc) is 3.70. The molecule has 0 saturated carbocycles. The fourth-order valence-corrected chi connectivity index (χ4v) is 7.71. The second-order valence-corrected chi connectivity index (χ2v) is 10.8. The molecule has 10 rings (SSSR count). The number of allylic oxidation sites excluding steroid dienone is 1. The minimum absolute atomic E-state index is 1.05. The van der Waals surface area contributed by atoms with Crippen LogP contribution in [0.5, 0.6) is 0 Å². The van der Waals surface area contributed by atoms with Crippen molar-refractivity contribution >= 4 is 70.9 Å². The van der Waals surface area contributed by atoms with E-state index in [0.29, 0.717) is 0 Å². The van der Waals surface area contributed by atoms with Crippen molar-refractivity contribution < 1.29 is 0 Å². The van der Waals surface area contributed by atoms with Crippen LogP contribution in [0.4, 0.5) is 0 Å². The highest BCUT2D eigenvalue weighted by molar-refractivity contribution is 6.26. The first-order valence-electron chi connectivity index (χ1n) is 13.5. The molecule has 0 atom stereocenters. The zero-order chi connectivity index (χ0) is 24.5. The maximum Gasteiger partial charge on any atom is 0.0620 e. The first-order chi connectivity index (χ1) is 18.9. The second-order valence-electron chi connectivity index (χ2n) is 10.8. The Bertz CT molecular complexity index is 2450. The Morgan fingerprint density at radius 3 is 1.84 bits per heavy atom. The third-order valence-electron chi connectivity index (χ3n) is 9.06. The van der Waals surface area contributed by atoms with Gasteiger partial charge in [0.2, 0.25) is 0 Å². The maximum atomic E-state index is 2.56. The summed E-state index contributed by atoms with van der Waals surface area (Å²) in [6, 6.07) is 38.3. The summed E-state index contributed by atoms with van der Waals surface area (Å²) in [7, 11) is 0. The van der Waals surface area contributed by atoms with Crippen LogP contribution in [-0.2, 0) is 6.42 Å². The van der Waals surface area contributed by atoms with Gasteiger partial charge in [0.1, 0.15) is 0 Å². The van der Waals surface area contributed by atoms with Gasteiger partial charge in [-0.15, -0.1) is 0 Å². The highest BCUT2D eigenvalue weighted by atomic mass is 14.9. The number of fused-ring (bicyclic) bond motifs is 12. The van der Waals surface area contributed by atoms with Crippen molar-refractivity contribution in [2.24, 2.45) is 0 Å². The highest BCUT2D eigenvalue weighted by Crippen LogP contribution is 2.47. The fourth-order valence-electron chi connectivity index (χ4n) is 7.71. The Morgan fingerprint density at radius 1 is 0.474 bits per heavy atom. The highest BCUT2D eigenvalue weighted by Gasteiger charge is 2.28. The average molecular weight is 483 g/mol. The zero-order valence-electron chi connectivity index (χ0n) is 20.7. The van der Waals surface area contributed by atoms with E-state index in [1.807, 2.05) is 0 Å². The van der Waals surface area contributed by atoms with Gasteiger partial charge in [0.25, 0.3) is 0 Å². The summed E-state index contributed by atoms with van der Waals surface area (Å²) >= 11 is 0. The van der Waals surface area contributed by atoms with E-state index in [1.54, 1.807) is 0 Å². The molecule has 9 aromatic rings. The predicted octanol–water partition coefficient (Wildman–Crippen LogP) is 9.21. The SMILES string of the molecule is C1=C(c2cccc3c2c2cccc4c5ccccc5n3c42)c2c(n3c4ccccc4c4cccc2c43)CC1. The molecule has 2 nitrogen and oxygen atoms in total. The lowest BCUT2D eigenvalue weighted by Gasteiger charge is -2.17. The van der Waals surface area contributed by atoms with Crippen molar-refractivity contribution in [3.63, 3.8) is 0 Å². The van der Waals surface area contributed by atoms with E-state index in [4.69, 9.17) is 0 Å². The van der Waals surface area contributed by atoms with Crippen LogP contribution in [0.15, 0.2) is 109 Å². The van der Waals surface area contributed by atoms with E-state index in [0.717, 1.165) is 12.8 Å². The summed E-state index contributed by atoms with van der Waals surface area (Å²) in [4.78, 5) is 0. The number of aromatic nitrogens is 2. The number of hydrogen-bond acceptors (Lipinski definition) is 0. The molecule has 176 valence electrons. The van der Waals surface area contributed by atoms with Crippen LogP contribution >= 0.6 is 0 Å². The lowest BCUT2D eigenvalue weighted by Crippen LogP contribution is -2.02. The number of para-hydroxylation sites is 4. The van der Waals surface area contributed by atoms with E-state index < -0.39 is 0 Å². The molecule has 0 amide bonds. The van der Waals surface area contributed by atoms with Gasteiger partial charge < -0.3 is 8.80 Å². The molecular weight excluding hydrogens is 460 g/mol. The summed E-state index contributed by atoms with van der Waals surface area (Å²) in [5.41, 5.74) is 12.2. The van der Waals surface area contributed by atoms with E-state index in [1.165, 1.54) is 87.7 Å². The van der Waals surface area contributed by atoms with Crippen LogP contribution in [0, 0.1) is 0 Å². The monoisotopic (exact) mass is 482 g/mol. The number of aryl methyl sites for hydroxylation is 1. The first-order valence-corrected chi connectivity index (χ1v) is 13.5. The van der Waals surface area contributed by atoms with Gasteiger partial charge in [0.15, 0.2) is 0 Å². The Morgan fingerprint density at radius 2 is 1.05 bits per heavy atom. The molecule has 4 heterocycles. The third-order valence-corrected chi connectivity index (χ3v) is 9.06. The third kappa shape index (κ3) is 2.07. The van der Waals surface area contributed by atoms with E-state index >= 15 is 0 Å². The van der Waals surface area contributed by atoms with Gasteiger partial charge >= 0.3 is 0 Å². The standard InChI is InChI=1S/C36H22N2/c1-3-17-29-21(9-1)25-13-5-15-27-33-23(11-7-19-31(33)37(29)35(25)27)24-12-8-20-32-34(24)28-16-6-14-26-22-10-2-4-18-30(22)38(32)36(26)28/h1-7,9-19H,8,20H2. The van der Waals surface area contributed by atoms with Gasteiger partial charge in [-0.2, -0.15) is 0 Å². The van der Waals surface area contributed by atoms with Crippen LogP contribution in [0.3, 0.4) is 0 Å². The molecule has 2 heteroatoms. The van der Waals surface area contributed by atoms with Crippen LogP contribution in [0.25, 0.3) is 70.9 Å². The number of nitrogens with zero attached hydrogens (tertiary/aromatic N) is 2. The topological polar surface area (TPSA) is 8.82 Å². The van der Waals surface area contributed by atoms with E-state index in [-0.39, 0.29) is 0 Å². The van der Waals surface area contributed by atoms with Crippen molar-refractivity contribution in [1.82, 2.24) is 8.80 Å². The molecule has 0 aliphatic heterocycles. The van der Waals surface area contributed by atoms with Crippen LogP contribution in [0.1, 0.15) is 23.2 Å². The second kappa shape index (κ2) is 6.54. The van der Waals surface area contributed by atoms with Gasteiger partial charge in [0, 0.05) is 49.0 Å². The Hall–Kier alpha value is -4.82. The van der Waals surface area contributed by atoms with Crippen LogP contribution < -0.4 is 0 Å². The summed E-state index contributed by atoms with van der Waals surface area (Å²) in [5.74, 6) is 0.